The number of ether oxygens (including phenoxy) is 2. The molecule has 3 rings (SSSR count). The first-order valence-electron chi connectivity index (χ1n) is 7.68. The molecule has 2 N–H and O–H groups in total. The molecule has 1 aliphatic heterocycles. The van der Waals surface area contributed by atoms with E-state index in [1.165, 1.54) is 24.8 Å². The van der Waals surface area contributed by atoms with Crippen LogP contribution in [0.3, 0.4) is 0 Å². The fourth-order valence-corrected chi connectivity index (χ4v) is 3.11. The second-order valence-corrected chi connectivity index (χ2v) is 7.12. The number of nitrogens with two attached hydrogens (primary N) is 1. The normalized spacial score (nSPS) is 23.9. The third-order valence-electron chi connectivity index (χ3n) is 4.50. The van der Waals surface area contributed by atoms with Gasteiger partial charge in [-0.15, -0.1) is 0 Å². The Kier molecular flexibility index (Phi) is 3.41. The van der Waals surface area contributed by atoms with E-state index in [4.69, 9.17) is 15.2 Å². The molecular weight excluding hydrogens is 250 g/mol. The predicted molar refractivity (Wildman–Crippen MR) is 80.2 cm³/mol. The molecule has 1 aromatic rings. The Balaban J connectivity index is 1.88. The largest absolute Gasteiger partial charge is 0.489 e. The van der Waals surface area contributed by atoms with Gasteiger partial charge in [-0.2, -0.15) is 0 Å². The summed E-state index contributed by atoms with van der Waals surface area (Å²) in [5, 5.41) is 0. The summed E-state index contributed by atoms with van der Waals surface area (Å²) in [6, 6.07) is 6.24. The summed E-state index contributed by atoms with van der Waals surface area (Å²) in [5.41, 5.74) is 7.67. The number of rotatable bonds is 1. The second kappa shape index (κ2) is 4.96. The van der Waals surface area contributed by atoms with Crippen LogP contribution >= 0.6 is 0 Å². The van der Waals surface area contributed by atoms with Crippen molar-refractivity contribution in [1.29, 1.82) is 0 Å². The third-order valence-corrected chi connectivity index (χ3v) is 4.50. The Bertz CT molecular complexity index is 490. The monoisotopic (exact) mass is 275 g/mol. The van der Waals surface area contributed by atoms with E-state index in [0.29, 0.717) is 13.2 Å². The van der Waals surface area contributed by atoms with Gasteiger partial charge in [-0.05, 0) is 30.5 Å². The Morgan fingerprint density at radius 2 is 1.60 bits per heavy atom. The van der Waals surface area contributed by atoms with Crippen LogP contribution in [-0.4, -0.2) is 13.2 Å². The fraction of sp³-hybridized carbons (Fsp3) is 0.647. The first-order valence-corrected chi connectivity index (χ1v) is 7.68. The quantitative estimate of drug-likeness (QED) is 0.851. The molecule has 1 saturated carbocycles. The van der Waals surface area contributed by atoms with Crippen LogP contribution in [0.4, 0.5) is 0 Å². The van der Waals surface area contributed by atoms with E-state index >= 15 is 0 Å². The van der Waals surface area contributed by atoms with Crippen molar-refractivity contribution < 1.29 is 9.47 Å². The zero-order valence-corrected chi connectivity index (χ0v) is 12.6. The van der Waals surface area contributed by atoms with Gasteiger partial charge in [-0.1, -0.05) is 39.2 Å². The molecule has 0 atom stereocenters. The van der Waals surface area contributed by atoms with Crippen molar-refractivity contribution in [2.24, 2.45) is 11.1 Å². The van der Waals surface area contributed by atoms with Crippen LogP contribution in [0.15, 0.2) is 18.2 Å². The van der Waals surface area contributed by atoms with E-state index in [1.807, 2.05) is 6.07 Å². The minimum Gasteiger partial charge on any atom is -0.489 e. The third kappa shape index (κ3) is 2.64. The molecule has 0 radical (unpaired) electrons. The molecule has 1 heterocycles. The number of hydrogen-bond donors (Lipinski definition) is 1. The minimum absolute atomic E-state index is 0.0461. The summed E-state index contributed by atoms with van der Waals surface area (Å²) in [4.78, 5) is 0. The van der Waals surface area contributed by atoms with E-state index in [-0.39, 0.29) is 11.0 Å². The van der Waals surface area contributed by atoms with Crippen molar-refractivity contribution in [3.63, 3.8) is 0 Å². The van der Waals surface area contributed by atoms with Crippen LogP contribution < -0.4 is 15.2 Å². The summed E-state index contributed by atoms with van der Waals surface area (Å²) in [6.07, 6.45) is 5.88. The first kappa shape index (κ1) is 13.7. The van der Waals surface area contributed by atoms with Gasteiger partial charge in [0.1, 0.15) is 0 Å². The summed E-state index contributed by atoms with van der Waals surface area (Å²) in [6.45, 7) is 5.69. The maximum absolute atomic E-state index is 6.61. The minimum atomic E-state index is -0.182. The lowest BCUT2D eigenvalue weighted by Gasteiger charge is -2.34. The topological polar surface area (TPSA) is 44.5 Å². The highest BCUT2D eigenvalue weighted by atomic mass is 16.5. The molecule has 0 aromatic heterocycles. The zero-order chi connectivity index (χ0) is 14.2. The van der Waals surface area contributed by atoms with Gasteiger partial charge in [0.05, 0.1) is 13.2 Å². The molecule has 20 heavy (non-hydrogen) atoms. The van der Waals surface area contributed by atoms with Crippen molar-refractivity contribution in [1.82, 2.24) is 0 Å². The summed E-state index contributed by atoms with van der Waals surface area (Å²) >= 11 is 0. The van der Waals surface area contributed by atoms with E-state index in [9.17, 15) is 0 Å². The van der Waals surface area contributed by atoms with Crippen LogP contribution in [0, 0.1) is 5.41 Å². The Labute approximate surface area is 121 Å². The predicted octanol–water partition coefficient (Wildman–Crippen LogP) is 3.60. The highest BCUT2D eigenvalue weighted by molar-refractivity contribution is 5.45. The molecule has 0 unspecified atom stereocenters. The lowest BCUT2D eigenvalue weighted by atomic mass is 9.77. The van der Waals surface area contributed by atoms with Crippen molar-refractivity contribution in [2.45, 2.75) is 51.5 Å². The molecule has 110 valence electrons. The molecular formula is C17H25NO2. The Hall–Kier alpha value is -1.22. The van der Waals surface area contributed by atoms with Crippen molar-refractivity contribution >= 4 is 0 Å². The standard InChI is InChI=1S/C17H25NO2/c1-16(2)11-19-14-7-6-13(10-15(14)20-12-16)17(18)8-4-3-5-9-17/h6-7,10H,3-5,8-9,11-12,18H2,1-2H3. The van der Waals surface area contributed by atoms with Gasteiger partial charge in [0, 0.05) is 11.0 Å². The highest BCUT2D eigenvalue weighted by Crippen LogP contribution is 2.40. The van der Waals surface area contributed by atoms with Crippen LogP contribution in [0.25, 0.3) is 0 Å². The van der Waals surface area contributed by atoms with Crippen molar-refractivity contribution in [3.05, 3.63) is 23.8 Å². The molecule has 1 fully saturated rings. The zero-order valence-electron chi connectivity index (χ0n) is 12.6. The van der Waals surface area contributed by atoms with Crippen LogP contribution in [0.1, 0.15) is 51.5 Å². The molecule has 0 bridgehead atoms. The van der Waals surface area contributed by atoms with Crippen molar-refractivity contribution in [3.8, 4) is 11.5 Å². The highest BCUT2D eigenvalue weighted by Gasteiger charge is 2.31. The van der Waals surface area contributed by atoms with Crippen LogP contribution in [0.2, 0.25) is 0 Å². The summed E-state index contributed by atoms with van der Waals surface area (Å²) in [5.74, 6) is 1.70. The van der Waals surface area contributed by atoms with E-state index < -0.39 is 0 Å². The van der Waals surface area contributed by atoms with Gasteiger partial charge >= 0.3 is 0 Å². The van der Waals surface area contributed by atoms with Crippen molar-refractivity contribution in [2.75, 3.05) is 13.2 Å². The first-order chi connectivity index (χ1) is 9.49. The molecule has 3 nitrogen and oxygen atoms in total. The van der Waals surface area contributed by atoms with Gasteiger partial charge in [0.2, 0.25) is 0 Å². The average Bonchev–Trinajstić information content (AvgIpc) is 2.59. The second-order valence-electron chi connectivity index (χ2n) is 7.12. The number of hydrogen-bond acceptors (Lipinski definition) is 3. The van der Waals surface area contributed by atoms with Gasteiger partial charge in [0.15, 0.2) is 11.5 Å². The van der Waals surface area contributed by atoms with Gasteiger partial charge in [-0.3, -0.25) is 0 Å². The molecule has 1 aromatic carbocycles. The Morgan fingerprint density at radius 1 is 0.950 bits per heavy atom. The molecule has 0 saturated heterocycles. The van der Waals surface area contributed by atoms with Crippen LogP contribution in [-0.2, 0) is 5.54 Å². The summed E-state index contributed by atoms with van der Waals surface area (Å²) in [7, 11) is 0. The number of benzene rings is 1. The fourth-order valence-electron chi connectivity index (χ4n) is 3.11. The van der Waals surface area contributed by atoms with Gasteiger partial charge in [-0.25, -0.2) is 0 Å². The SMILES string of the molecule is CC1(C)COc2ccc(C3(N)CCCCC3)cc2OC1. The lowest BCUT2D eigenvalue weighted by Crippen LogP contribution is -2.38. The van der Waals surface area contributed by atoms with Crippen LogP contribution in [0.5, 0.6) is 11.5 Å². The molecule has 1 aliphatic carbocycles. The molecule has 0 amide bonds. The molecule has 3 heteroatoms. The summed E-state index contributed by atoms with van der Waals surface area (Å²) < 4.78 is 11.8. The van der Waals surface area contributed by atoms with E-state index in [0.717, 1.165) is 24.3 Å². The average molecular weight is 275 g/mol. The van der Waals surface area contributed by atoms with Gasteiger partial charge in [0.25, 0.3) is 0 Å². The lowest BCUT2D eigenvalue weighted by molar-refractivity contribution is 0.140. The van der Waals surface area contributed by atoms with E-state index in [1.54, 1.807) is 0 Å². The number of fused-ring (bicyclic) bond motifs is 1. The smallest absolute Gasteiger partial charge is 0.161 e. The Morgan fingerprint density at radius 3 is 2.30 bits per heavy atom. The van der Waals surface area contributed by atoms with Gasteiger partial charge < -0.3 is 15.2 Å². The maximum atomic E-state index is 6.61. The molecule has 0 spiro atoms. The van der Waals surface area contributed by atoms with E-state index in [2.05, 4.69) is 26.0 Å². The maximum Gasteiger partial charge on any atom is 0.161 e. The molecule has 2 aliphatic rings.